The van der Waals surface area contributed by atoms with E-state index in [9.17, 15) is 0 Å². The first-order valence-electron chi connectivity index (χ1n) is 6.22. The Labute approximate surface area is 88.4 Å². The molecule has 1 N–H and O–H groups in total. The molecule has 0 atom stereocenters. The van der Waals surface area contributed by atoms with E-state index in [0.29, 0.717) is 0 Å². The minimum atomic E-state index is 0.837. The molecule has 0 radical (unpaired) electrons. The average molecular weight is 199 g/mol. The topological polar surface area (TPSA) is 21.3 Å². The van der Waals surface area contributed by atoms with Crippen molar-refractivity contribution in [2.24, 2.45) is 5.92 Å². The molecule has 0 aliphatic heterocycles. The molecule has 0 heterocycles. The molecule has 1 rings (SSSR count). The van der Waals surface area contributed by atoms with Crippen LogP contribution in [0.4, 0.5) is 0 Å². The fraction of sp³-hybridized carbons (Fsp3) is 1.00. The molecule has 0 aromatic heterocycles. The summed E-state index contributed by atoms with van der Waals surface area (Å²) in [7, 11) is 0. The zero-order valence-electron chi connectivity index (χ0n) is 9.56. The first-order valence-corrected chi connectivity index (χ1v) is 6.22. The van der Waals surface area contributed by atoms with Crippen molar-refractivity contribution in [3.63, 3.8) is 0 Å². The maximum Gasteiger partial charge on any atom is 0.0590 e. The Kier molecular flexibility index (Phi) is 7.06. The zero-order valence-corrected chi connectivity index (χ0v) is 9.56. The predicted octanol–water partition coefficient (Wildman–Crippen LogP) is 2.58. The second-order valence-electron chi connectivity index (χ2n) is 4.24. The quantitative estimate of drug-likeness (QED) is 0.607. The third-order valence-electron chi connectivity index (χ3n) is 3.07. The van der Waals surface area contributed by atoms with Gasteiger partial charge in [0.2, 0.25) is 0 Å². The summed E-state index contributed by atoms with van der Waals surface area (Å²) >= 11 is 0. The van der Waals surface area contributed by atoms with Gasteiger partial charge in [-0.05, 0) is 32.2 Å². The van der Waals surface area contributed by atoms with Crippen LogP contribution in [0.2, 0.25) is 0 Å². The Hall–Kier alpha value is -0.0800. The number of hydrogen-bond acceptors (Lipinski definition) is 2. The lowest BCUT2D eigenvalue weighted by atomic mass is 10.0. The van der Waals surface area contributed by atoms with E-state index >= 15 is 0 Å². The molecule has 84 valence electrons. The summed E-state index contributed by atoms with van der Waals surface area (Å²) in [5.74, 6) is 1.05. The summed E-state index contributed by atoms with van der Waals surface area (Å²) in [5.41, 5.74) is 0. The highest BCUT2D eigenvalue weighted by atomic mass is 16.5. The van der Waals surface area contributed by atoms with Gasteiger partial charge >= 0.3 is 0 Å². The second-order valence-corrected chi connectivity index (χ2v) is 4.24. The van der Waals surface area contributed by atoms with Gasteiger partial charge in [0, 0.05) is 13.2 Å². The maximum absolute atomic E-state index is 5.25. The predicted molar refractivity (Wildman–Crippen MR) is 60.6 cm³/mol. The first-order chi connectivity index (χ1) is 6.93. The van der Waals surface area contributed by atoms with Crippen molar-refractivity contribution < 1.29 is 4.74 Å². The van der Waals surface area contributed by atoms with E-state index in [4.69, 9.17) is 4.74 Å². The van der Waals surface area contributed by atoms with Gasteiger partial charge in [-0.15, -0.1) is 0 Å². The fourth-order valence-corrected chi connectivity index (χ4v) is 2.23. The minimum absolute atomic E-state index is 0.837. The van der Waals surface area contributed by atoms with Crippen molar-refractivity contribution in [3.05, 3.63) is 0 Å². The van der Waals surface area contributed by atoms with Gasteiger partial charge < -0.3 is 10.1 Å². The van der Waals surface area contributed by atoms with Gasteiger partial charge in [-0.2, -0.15) is 0 Å². The van der Waals surface area contributed by atoms with Crippen LogP contribution < -0.4 is 5.32 Å². The third-order valence-corrected chi connectivity index (χ3v) is 3.07. The van der Waals surface area contributed by atoms with E-state index in [-0.39, 0.29) is 0 Å². The smallest absolute Gasteiger partial charge is 0.0590 e. The van der Waals surface area contributed by atoms with Gasteiger partial charge in [0.25, 0.3) is 0 Å². The third kappa shape index (κ3) is 5.61. The highest BCUT2D eigenvalue weighted by Crippen LogP contribution is 2.28. The van der Waals surface area contributed by atoms with Crippen molar-refractivity contribution >= 4 is 0 Å². The van der Waals surface area contributed by atoms with Crippen molar-refractivity contribution in [2.45, 2.75) is 45.4 Å². The van der Waals surface area contributed by atoms with Crippen molar-refractivity contribution in [3.8, 4) is 0 Å². The highest BCUT2D eigenvalue weighted by Gasteiger charge is 2.13. The van der Waals surface area contributed by atoms with E-state index in [0.717, 1.165) is 25.7 Å². The lowest BCUT2D eigenvalue weighted by molar-refractivity contribution is 0.149. The molecular formula is C12H25NO. The van der Waals surface area contributed by atoms with Crippen LogP contribution in [0.5, 0.6) is 0 Å². The van der Waals surface area contributed by atoms with Gasteiger partial charge in [-0.3, -0.25) is 0 Å². The van der Waals surface area contributed by atoms with Crippen LogP contribution in [0.3, 0.4) is 0 Å². The molecule has 0 aromatic carbocycles. The van der Waals surface area contributed by atoms with Gasteiger partial charge in [0.05, 0.1) is 6.61 Å². The molecule has 1 aliphatic carbocycles. The van der Waals surface area contributed by atoms with Crippen LogP contribution >= 0.6 is 0 Å². The number of hydrogen-bond donors (Lipinski definition) is 1. The Morgan fingerprint density at radius 2 is 2.00 bits per heavy atom. The average Bonchev–Trinajstić information content (AvgIpc) is 2.69. The van der Waals surface area contributed by atoms with Gasteiger partial charge in [-0.25, -0.2) is 0 Å². The summed E-state index contributed by atoms with van der Waals surface area (Å²) in [5, 5.41) is 3.42. The summed E-state index contributed by atoms with van der Waals surface area (Å²) in [4.78, 5) is 0. The van der Waals surface area contributed by atoms with Crippen molar-refractivity contribution in [2.75, 3.05) is 26.3 Å². The summed E-state index contributed by atoms with van der Waals surface area (Å²) in [6, 6.07) is 0. The van der Waals surface area contributed by atoms with Crippen molar-refractivity contribution in [1.29, 1.82) is 0 Å². The minimum Gasteiger partial charge on any atom is -0.380 e. The van der Waals surface area contributed by atoms with Crippen LogP contribution in [0, 0.1) is 5.92 Å². The number of rotatable bonds is 8. The van der Waals surface area contributed by atoms with Gasteiger partial charge in [0.15, 0.2) is 0 Å². The van der Waals surface area contributed by atoms with E-state index < -0.39 is 0 Å². The Bertz CT molecular complexity index is 121. The van der Waals surface area contributed by atoms with E-state index in [1.54, 1.807) is 0 Å². The molecular weight excluding hydrogens is 174 g/mol. The zero-order chi connectivity index (χ0) is 10.1. The molecule has 0 aromatic rings. The summed E-state index contributed by atoms with van der Waals surface area (Å²) in [6.07, 6.45) is 8.70. The lowest BCUT2D eigenvalue weighted by Gasteiger charge is -2.09. The number of nitrogens with one attached hydrogen (secondary N) is 1. The molecule has 2 heteroatoms. The van der Waals surface area contributed by atoms with Crippen LogP contribution in [0.15, 0.2) is 0 Å². The van der Waals surface area contributed by atoms with E-state index in [1.165, 1.54) is 45.1 Å². The van der Waals surface area contributed by atoms with Crippen molar-refractivity contribution in [1.82, 2.24) is 5.32 Å². The highest BCUT2D eigenvalue weighted by molar-refractivity contribution is 4.67. The first kappa shape index (κ1) is 12.0. The number of ether oxygens (including phenoxy) is 1. The molecule has 0 unspecified atom stereocenters. The van der Waals surface area contributed by atoms with Crippen LogP contribution in [-0.4, -0.2) is 26.3 Å². The van der Waals surface area contributed by atoms with Crippen LogP contribution in [-0.2, 0) is 4.74 Å². The normalized spacial score (nSPS) is 17.8. The van der Waals surface area contributed by atoms with Crippen LogP contribution in [0.25, 0.3) is 0 Å². The van der Waals surface area contributed by atoms with Crippen LogP contribution in [0.1, 0.15) is 45.4 Å². The standard InChI is InChI=1S/C12H25NO/c1-2-14-11-10-13-9-5-8-12-6-3-4-7-12/h12-13H,2-11H2,1H3. The lowest BCUT2D eigenvalue weighted by Crippen LogP contribution is -2.21. The fourth-order valence-electron chi connectivity index (χ4n) is 2.23. The maximum atomic E-state index is 5.25. The van der Waals surface area contributed by atoms with E-state index in [2.05, 4.69) is 5.32 Å². The monoisotopic (exact) mass is 199 g/mol. The van der Waals surface area contributed by atoms with Gasteiger partial charge in [-0.1, -0.05) is 25.7 Å². The van der Waals surface area contributed by atoms with Gasteiger partial charge in [0.1, 0.15) is 0 Å². The molecule has 0 bridgehead atoms. The molecule has 14 heavy (non-hydrogen) atoms. The molecule has 1 saturated carbocycles. The summed E-state index contributed by atoms with van der Waals surface area (Å²) in [6.45, 7) is 5.92. The molecule has 0 spiro atoms. The Morgan fingerprint density at radius 3 is 2.71 bits per heavy atom. The molecule has 0 saturated heterocycles. The SMILES string of the molecule is CCOCCNCCCC1CCCC1. The van der Waals surface area contributed by atoms with E-state index in [1.807, 2.05) is 6.92 Å². The second kappa shape index (κ2) is 8.25. The Morgan fingerprint density at radius 1 is 1.21 bits per heavy atom. The molecule has 2 nitrogen and oxygen atoms in total. The summed E-state index contributed by atoms with van der Waals surface area (Å²) < 4.78 is 5.25. The molecule has 1 fully saturated rings. The largest absolute Gasteiger partial charge is 0.380 e. The Balaban J connectivity index is 1.75. The molecule has 0 amide bonds. The molecule has 1 aliphatic rings.